The van der Waals surface area contributed by atoms with E-state index >= 15 is 0 Å². The Balaban J connectivity index is 1.89. The first-order valence-electron chi connectivity index (χ1n) is 7.48. The van der Waals surface area contributed by atoms with Crippen LogP contribution >= 0.6 is 0 Å². The van der Waals surface area contributed by atoms with Gasteiger partial charge >= 0.3 is 5.97 Å². The summed E-state index contributed by atoms with van der Waals surface area (Å²) in [4.78, 5) is 23.8. The van der Waals surface area contributed by atoms with E-state index in [0.29, 0.717) is 30.5 Å². The highest BCUT2D eigenvalue weighted by Gasteiger charge is 2.12. The van der Waals surface area contributed by atoms with Crippen molar-refractivity contribution in [1.82, 2.24) is 15.0 Å². The van der Waals surface area contributed by atoms with Crippen LogP contribution in [0.3, 0.4) is 0 Å². The third-order valence-electron chi connectivity index (χ3n) is 3.19. The molecule has 2 aromatic rings. The Hall–Kier alpha value is -2.74. The van der Waals surface area contributed by atoms with E-state index in [9.17, 15) is 4.79 Å². The van der Waals surface area contributed by atoms with Gasteiger partial charge in [-0.25, -0.2) is 4.79 Å². The van der Waals surface area contributed by atoms with Crippen LogP contribution in [0.5, 0.6) is 0 Å². The summed E-state index contributed by atoms with van der Waals surface area (Å²) in [5, 5.41) is 3.10. The molecule has 0 amide bonds. The van der Waals surface area contributed by atoms with Crippen LogP contribution in [0.15, 0.2) is 24.3 Å². The Morgan fingerprint density at radius 3 is 2.75 bits per heavy atom. The summed E-state index contributed by atoms with van der Waals surface area (Å²) in [6.07, 6.45) is 0. The SMILES string of the molecule is COC(=O)c1ccccc1COCC(C)Nc1nc(C)nc(N)n1. The van der Waals surface area contributed by atoms with E-state index in [-0.39, 0.29) is 18.0 Å². The summed E-state index contributed by atoms with van der Waals surface area (Å²) in [5.41, 5.74) is 6.87. The summed E-state index contributed by atoms with van der Waals surface area (Å²) in [6, 6.07) is 7.14. The number of anilines is 2. The normalized spacial score (nSPS) is 11.8. The molecule has 1 aromatic heterocycles. The molecule has 0 radical (unpaired) electrons. The van der Waals surface area contributed by atoms with E-state index < -0.39 is 0 Å². The van der Waals surface area contributed by atoms with Crippen LogP contribution in [0.25, 0.3) is 0 Å². The van der Waals surface area contributed by atoms with Crippen molar-refractivity contribution in [3.8, 4) is 0 Å². The van der Waals surface area contributed by atoms with Gasteiger partial charge in [-0.1, -0.05) is 18.2 Å². The van der Waals surface area contributed by atoms with E-state index in [0.717, 1.165) is 5.56 Å². The molecule has 0 aliphatic rings. The second kappa shape index (κ2) is 8.21. The fraction of sp³-hybridized carbons (Fsp3) is 0.375. The van der Waals surface area contributed by atoms with Gasteiger partial charge in [0.25, 0.3) is 0 Å². The summed E-state index contributed by atoms with van der Waals surface area (Å²) in [7, 11) is 1.36. The first kappa shape index (κ1) is 17.6. The predicted octanol–water partition coefficient (Wildman–Crippen LogP) is 1.57. The lowest BCUT2D eigenvalue weighted by atomic mass is 10.1. The highest BCUT2D eigenvalue weighted by Crippen LogP contribution is 2.12. The van der Waals surface area contributed by atoms with Crippen molar-refractivity contribution in [2.75, 3.05) is 24.8 Å². The Kier molecular flexibility index (Phi) is 6.02. The quantitative estimate of drug-likeness (QED) is 0.735. The van der Waals surface area contributed by atoms with Gasteiger partial charge in [-0.2, -0.15) is 15.0 Å². The predicted molar refractivity (Wildman–Crippen MR) is 89.5 cm³/mol. The molecule has 128 valence electrons. The van der Waals surface area contributed by atoms with Crippen LogP contribution in [0.4, 0.5) is 11.9 Å². The van der Waals surface area contributed by atoms with Crippen molar-refractivity contribution >= 4 is 17.9 Å². The maximum atomic E-state index is 11.7. The number of aromatic nitrogens is 3. The van der Waals surface area contributed by atoms with Gasteiger partial charge in [-0.05, 0) is 25.5 Å². The summed E-state index contributed by atoms with van der Waals surface area (Å²) in [6.45, 7) is 4.38. The third kappa shape index (κ3) is 4.88. The third-order valence-corrected chi connectivity index (χ3v) is 3.19. The van der Waals surface area contributed by atoms with Crippen molar-refractivity contribution in [3.05, 3.63) is 41.2 Å². The fourth-order valence-electron chi connectivity index (χ4n) is 2.13. The highest BCUT2D eigenvalue weighted by atomic mass is 16.5. The average molecular weight is 331 g/mol. The monoisotopic (exact) mass is 331 g/mol. The topological polar surface area (TPSA) is 112 Å². The van der Waals surface area contributed by atoms with Crippen molar-refractivity contribution < 1.29 is 14.3 Å². The summed E-state index contributed by atoms with van der Waals surface area (Å²) in [5.74, 6) is 0.748. The van der Waals surface area contributed by atoms with E-state index in [1.54, 1.807) is 19.1 Å². The van der Waals surface area contributed by atoms with Gasteiger partial charge in [0.2, 0.25) is 11.9 Å². The number of nitrogens with zero attached hydrogens (tertiary/aromatic N) is 3. The number of nitrogen functional groups attached to an aromatic ring is 1. The molecule has 0 spiro atoms. The van der Waals surface area contributed by atoms with Gasteiger partial charge in [0.15, 0.2) is 0 Å². The second-order valence-corrected chi connectivity index (χ2v) is 5.27. The van der Waals surface area contributed by atoms with Gasteiger partial charge in [0.1, 0.15) is 5.82 Å². The number of benzene rings is 1. The number of rotatable bonds is 7. The Morgan fingerprint density at radius 1 is 1.29 bits per heavy atom. The molecule has 1 unspecified atom stereocenters. The molecule has 0 bridgehead atoms. The number of carbonyl (C=O) groups excluding carboxylic acids is 1. The van der Waals surface area contributed by atoms with E-state index in [2.05, 4.69) is 20.3 Å². The maximum absolute atomic E-state index is 11.7. The number of hydrogen-bond acceptors (Lipinski definition) is 8. The van der Waals surface area contributed by atoms with E-state index in [1.807, 2.05) is 19.1 Å². The molecular weight excluding hydrogens is 310 g/mol. The van der Waals surface area contributed by atoms with Crippen LogP contribution in [0.2, 0.25) is 0 Å². The second-order valence-electron chi connectivity index (χ2n) is 5.27. The molecule has 0 aliphatic carbocycles. The molecule has 0 saturated carbocycles. The number of nitrogens with two attached hydrogens (primary N) is 1. The number of hydrogen-bond donors (Lipinski definition) is 2. The molecule has 8 heteroatoms. The molecule has 1 aromatic carbocycles. The van der Waals surface area contributed by atoms with Crippen LogP contribution in [-0.4, -0.2) is 40.7 Å². The highest BCUT2D eigenvalue weighted by molar-refractivity contribution is 5.90. The zero-order valence-corrected chi connectivity index (χ0v) is 13.9. The molecule has 8 nitrogen and oxygen atoms in total. The first-order chi connectivity index (χ1) is 11.5. The van der Waals surface area contributed by atoms with E-state index in [4.69, 9.17) is 15.2 Å². The number of ether oxygens (including phenoxy) is 2. The largest absolute Gasteiger partial charge is 0.465 e. The lowest BCUT2D eigenvalue weighted by molar-refractivity contribution is 0.0591. The smallest absolute Gasteiger partial charge is 0.338 e. The van der Waals surface area contributed by atoms with Crippen molar-refractivity contribution in [1.29, 1.82) is 0 Å². The zero-order valence-electron chi connectivity index (χ0n) is 13.9. The minimum Gasteiger partial charge on any atom is -0.465 e. The summed E-state index contributed by atoms with van der Waals surface area (Å²) < 4.78 is 10.4. The van der Waals surface area contributed by atoms with Gasteiger partial charge in [0, 0.05) is 6.04 Å². The van der Waals surface area contributed by atoms with Crippen LogP contribution in [-0.2, 0) is 16.1 Å². The van der Waals surface area contributed by atoms with Crippen LogP contribution in [0.1, 0.15) is 28.7 Å². The van der Waals surface area contributed by atoms with Crippen LogP contribution < -0.4 is 11.1 Å². The summed E-state index contributed by atoms with van der Waals surface area (Å²) >= 11 is 0. The fourth-order valence-corrected chi connectivity index (χ4v) is 2.13. The molecule has 2 rings (SSSR count). The molecule has 24 heavy (non-hydrogen) atoms. The van der Waals surface area contributed by atoms with Gasteiger partial charge in [0.05, 0.1) is 25.9 Å². The van der Waals surface area contributed by atoms with Crippen molar-refractivity contribution in [2.45, 2.75) is 26.5 Å². The number of aryl methyl sites for hydroxylation is 1. The minimum atomic E-state index is -0.378. The average Bonchev–Trinajstić information content (AvgIpc) is 2.53. The van der Waals surface area contributed by atoms with Gasteiger partial charge < -0.3 is 20.5 Å². The minimum absolute atomic E-state index is 0.0449. The van der Waals surface area contributed by atoms with Crippen LogP contribution in [0, 0.1) is 6.92 Å². The van der Waals surface area contributed by atoms with Gasteiger partial charge in [-0.3, -0.25) is 0 Å². The standard InChI is InChI=1S/C16H21N5O3/c1-10(18-16-20-11(2)19-15(17)21-16)8-24-9-12-6-4-5-7-13(12)14(22)23-3/h4-7,10H,8-9H2,1-3H3,(H3,17,18,19,20,21). The number of methoxy groups -OCH3 is 1. The Bertz CT molecular complexity index is 688. The Morgan fingerprint density at radius 2 is 2.04 bits per heavy atom. The first-order valence-corrected chi connectivity index (χ1v) is 7.48. The Labute approximate surface area is 140 Å². The molecular formula is C16H21N5O3. The number of carbonyl (C=O) groups is 1. The van der Waals surface area contributed by atoms with Crippen molar-refractivity contribution in [2.24, 2.45) is 0 Å². The number of esters is 1. The maximum Gasteiger partial charge on any atom is 0.338 e. The lowest BCUT2D eigenvalue weighted by Gasteiger charge is -2.15. The zero-order chi connectivity index (χ0) is 17.5. The number of nitrogens with one attached hydrogen (secondary N) is 1. The molecule has 0 fully saturated rings. The molecule has 0 aliphatic heterocycles. The molecule has 3 N–H and O–H groups in total. The van der Waals surface area contributed by atoms with Gasteiger partial charge in [-0.15, -0.1) is 0 Å². The van der Waals surface area contributed by atoms with E-state index in [1.165, 1.54) is 7.11 Å². The molecule has 0 saturated heterocycles. The molecule has 1 heterocycles. The molecule has 1 atom stereocenters. The van der Waals surface area contributed by atoms with Crippen molar-refractivity contribution in [3.63, 3.8) is 0 Å². The lowest BCUT2D eigenvalue weighted by Crippen LogP contribution is -2.24.